The van der Waals surface area contributed by atoms with E-state index < -0.39 is 120 Å². The van der Waals surface area contributed by atoms with Gasteiger partial charge in [0.25, 0.3) is 0 Å². The van der Waals surface area contributed by atoms with Crippen LogP contribution in [0.4, 0.5) is 0 Å². The Morgan fingerprint density at radius 1 is 0.809 bits per heavy atom. The summed E-state index contributed by atoms with van der Waals surface area (Å²) in [5.41, 5.74) is -1.14. The van der Waals surface area contributed by atoms with E-state index in [1.165, 1.54) is 6.07 Å². The van der Waals surface area contributed by atoms with Gasteiger partial charge in [-0.3, -0.25) is 9.59 Å². The molecule has 18 heteroatoms. The first-order chi connectivity index (χ1) is 22.2. The van der Waals surface area contributed by atoms with Crippen LogP contribution in [0.3, 0.4) is 0 Å². The number of esters is 1. The summed E-state index contributed by atoms with van der Waals surface area (Å²) in [7, 11) is 0. The fourth-order valence-electron chi connectivity index (χ4n) is 5.11. The number of carbonyl (C=O) groups is 1. The third-order valence-corrected chi connectivity index (χ3v) is 7.66. The van der Waals surface area contributed by atoms with Gasteiger partial charge in [-0.2, -0.15) is 0 Å². The number of carbonyl (C=O) groups excluding carboxylic acids is 1. The molecule has 10 unspecified atom stereocenters. The maximum absolute atomic E-state index is 12.9. The van der Waals surface area contributed by atoms with Gasteiger partial charge in [0, 0.05) is 18.6 Å². The van der Waals surface area contributed by atoms with Crippen molar-refractivity contribution in [3.8, 4) is 40.1 Å². The first kappa shape index (κ1) is 34.1. The molecule has 2 fully saturated rings. The second-order valence-electron chi connectivity index (χ2n) is 10.9. The summed E-state index contributed by atoms with van der Waals surface area (Å²) in [6.45, 7) is -0.363. The van der Waals surface area contributed by atoms with E-state index in [2.05, 4.69) is 0 Å². The molecule has 0 saturated carbocycles. The molecule has 1 aromatic heterocycles. The number of aliphatic hydroxyl groups excluding tert-OH is 6. The Morgan fingerprint density at radius 3 is 2.15 bits per heavy atom. The standard InChI is InChI=1S/C29H32O18/c1-9(31)42-8-18-20(37)21(38)23(40)28(45-18)47-27-22(39)19(36)17(7-30)44-29(27)46-26-15(35)5-11-13(33)6-16(43-25(11)24(26)41)10-2-3-12(32)14(34)4-10/h2-6,17-23,27-30,32,34-41H,7-8H2,1H3. The normalized spacial score (nSPS) is 31.0. The second kappa shape index (κ2) is 13.5. The molecule has 5 rings (SSSR count). The minimum absolute atomic E-state index is 0.117. The molecule has 0 radical (unpaired) electrons. The van der Waals surface area contributed by atoms with E-state index in [4.69, 9.17) is 28.1 Å². The largest absolute Gasteiger partial charge is 0.504 e. The molecule has 3 heterocycles. The summed E-state index contributed by atoms with van der Waals surface area (Å²) in [6.07, 6.45) is -18.1. The van der Waals surface area contributed by atoms with E-state index in [1.54, 1.807) is 0 Å². The number of phenolic OH excluding ortho intramolecular Hbond substituents is 4. The summed E-state index contributed by atoms with van der Waals surface area (Å²) in [5, 5.41) is 103. The minimum atomic E-state index is -1.98. The lowest BCUT2D eigenvalue weighted by Crippen LogP contribution is -2.65. The van der Waals surface area contributed by atoms with Gasteiger partial charge >= 0.3 is 5.97 Å². The van der Waals surface area contributed by atoms with Crippen molar-refractivity contribution in [1.82, 2.24) is 0 Å². The van der Waals surface area contributed by atoms with Crippen LogP contribution in [-0.2, 0) is 23.7 Å². The Hall–Kier alpha value is -4.24. The van der Waals surface area contributed by atoms with Crippen molar-refractivity contribution in [2.24, 2.45) is 0 Å². The monoisotopic (exact) mass is 668 g/mol. The van der Waals surface area contributed by atoms with Gasteiger partial charge in [0.2, 0.25) is 17.8 Å². The highest BCUT2D eigenvalue weighted by Crippen LogP contribution is 2.44. The molecule has 2 aliphatic heterocycles. The Labute approximate surface area is 263 Å². The van der Waals surface area contributed by atoms with Crippen LogP contribution in [0.1, 0.15) is 6.92 Å². The first-order valence-corrected chi connectivity index (χ1v) is 14.0. The number of phenols is 4. The smallest absolute Gasteiger partial charge is 0.302 e. The van der Waals surface area contributed by atoms with Crippen LogP contribution in [0, 0.1) is 0 Å². The zero-order valence-electron chi connectivity index (χ0n) is 24.3. The highest BCUT2D eigenvalue weighted by atomic mass is 16.8. The van der Waals surface area contributed by atoms with Gasteiger partial charge in [0.15, 0.2) is 40.7 Å². The van der Waals surface area contributed by atoms with Crippen molar-refractivity contribution in [3.63, 3.8) is 0 Å². The quantitative estimate of drug-likeness (QED) is 0.0904. The van der Waals surface area contributed by atoms with Gasteiger partial charge in [-0.1, -0.05) is 0 Å². The predicted octanol–water partition coefficient (Wildman–Crippen LogP) is -2.14. The average Bonchev–Trinajstić information content (AvgIpc) is 3.03. The van der Waals surface area contributed by atoms with Crippen LogP contribution >= 0.6 is 0 Å². The number of ether oxygens (including phenoxy) is 5. The van der Waals surface area contributed by atoms with Crippen LogP contribution in [-0.4, -0.2) is 132 Å². The third-order valence-electron chi connectivity index (χ3n) is 7.66. The molecule has 3 aromatic rings. The van der Waals surface area contributed by atoms with Crippen molar-refractivity contribution in [1.29, 1.82) is 0 Å². The van der Waals surface area contributed by atoms with Crippen molar-refractivity contribution in [2.45, 2.75) is 68.3 Å². The fourth-order valence-corrected chi connectivity index (χ4v) is 5.11. The Morgan fingerprint density at radius 2 is 1.49 bits per heavy atom. The summed E-state index contributed by atoms with van der Waals surface area (Å²) >= 11 is 0. The molecule has 0 bridgehead atoms. The van der Waals surface area contributed by atoms with Crippen LogP contribution in [0.2, 0.25) is 0 Å². The summed E-state index contributed by atoms with van der Waals surface area (Å²) < 4.78 is 32.8. The molecule has 0 aliphatic carbocycles. The lowest BCUT2D eigenvalue weighted by atomic mass is 9.97. The van der Waals surface area contributed by atoms with Crippen LogP contribution in [0.5, 0.6) is 28.7 Å². The number of rotatable bonds is 8. The van der Waals surface area contributed by atoms with Crippen molar-refractivity contribution in [3.05, 3.63) is 40.6 Å². The van der Waals surface area contributed by atoms with Crippen molar-refractivity contribution < 1.29 is 84.0 Å². The highest BCUT2D eigenvalue weighted by Gasteiger charge is 2.52. The SMILES string of the molecule is CC(=O)OCC1OC(OC2C(Oc3c(O)cc4c(=O)cc(-c5ccc(O)c(O)c5)oc4c3O)OC(CO)C(O)C2O)C(O)C(O)C1O. The average molecular weight is 669 g/mol. The van der Waals surface area contributed by atoms with Gasteiger partial charge in [-0.15, -0.1) is 0 Å². The van der Waals surface area contributed by atoms with Gasteiger partial charge < -0.3 is 79.2 Å². The number of benzene rings is 2. The highest BCUT2D eigenvalue weighted by molar-refractivity contribution is 5.88. The Bertz CT molecular complexity index is 1670. The van der Waals surface area contributed by atoms with Crippen LogP contribution < -0.4 is 10.2 Å². The Balaban J connectivity index is 1.50. The molecule has 2 aliphatic rings. The maximum atomic E-state index is 12.9. The summed E-state index contributed by atoms with van der Waals surface area (Å²) in [4.78, 5) is 24.1. The molecule has 10 N–H and O–H groups in total. The maximum Gasteiger partial charge on any atom is 0.302 e. The molecule has 256 valence electrons. The van der Waals surface area contributed by atoms with E-state index in [-0.39, 0.29) is 16.7 Å². The number of aromatic hydroxyl groups is 4. The summed E-state index contributed by atoms with van der Waals surface area (Å²) in [6, 6.07) is 5.40. The molecule has 0 spiro atoms. The predicted molar refractivity (Wildman–Crippen MR) is 151 cm³/mol. The van der Waals surface area contributed by atoms with Crippen molar-refractivity contribution in [2.75, 3.05) is 13.2 Å². The molecule has 0 amide bonds. The molecule has 47 heavy (non-hydrogen) atoms. The summed E-state index contributed by atoms with van der Waals surface area (Å²) in [5.74, 6) is -4.50. The number of hydrogen-bond donors (Lipinski definition) is 10. The molecule has 10 atom stereocenters. The zero-order valence-corrected chi connectivity index (χ0v) is 24.3. The minimum Gasteiger partial charge on any atom is -0.504 e. The van der Waals surface area contributed by atoms with E-state index in [0.29, 0.717) is 0 Å². The topological polar surface area (TPSA) is 296 Å². The Kier molecular flexibility index (Phi) is 9.78. The lowest BCUT2D eigenvalue weighted by molar-refractivity contribution is -0.358. The van der Waals surface area contributed by atoms with Gasteiger partial charge in [-0.25, -0.2) is 0 Å². The number of aliphatic hydroxyl groups is 6. The van der Waals surface area contributed by atoms with E-state index in [9.17, 15) is 60.7 Å². The molecule has 2 saturated heterocycles. The number of hydrogen-bond acceptors (Lipinski definition) is 18. The number of fused-ring (bicyclic) bond motifs is 1. The second-order valence-corrected chi connectivity index (χ2v) is 10.9. The van der Waals surface area contributed by atoms with Crippen LogP contribution in [0.15, 0.2) is 39.5 Å². The molecule has 18 nitrogen and oxygen atoms in total. The fraction of sp³-hybridized carbons (Fsp3) is 0.448. The third kappa shape index (κ3) is 6.63. The molecule has 2 aromatic carbocycles. The first-order valence-electron chi connectivity index (χ1n) is 14.0. The zero-order chi connectivity index (χ0) is 34.3. The van der Waals surface area contributed by atoms with Gasteiger partial charge in [0.05, 0.1) is 12.0 Å². The lowest BCUT2D eigenvalue weighted by Gasteiger charge is -2.45. The van der Waals surface area contributed by atoms with Crippen molar-refractivity contribution >= 4 is 16.9 Å². The van der Waals surface area contributed by atoms with E-state index in [0.717, 1.165) is 31.2 Å². The van der Waals surface area contributed by atoms with E-state index in [1.807, 2.05) is 0 Å². The van der Waals surface area contributed by atoms with Gasteiger partial charge in [-0.05, 0) is 24.3 Å². The molecular formula is C29H32O18. The van der Waals surface area contributed by atoms with Crippen LogP contribution in [0.25, 0.3) is 22.3 Å². The van der Waals surface area contributed by atoms with E-state index >= 15 is 0 Å². The van der Waals surface area contributed by atoms with Gasteiger partial charge in [0.1, 0.15) is 55.1 Å². The molecular weight excluding hydrogens is 636 g/mol.